The van der Waals surface area contributed by atoms with Crippen molar-refractivity contribution in [2.24, 2.45) is 0 Å². The zero-order valence-corrected chi connectivity index (χ0v) is 11.4. The average Bonchev–Trinajstić information content (AvgIpc) is 2.20. The van der Waals surface area contributed by atoms with Crippen LogP contribution in [-0.2, 0) is 0 Å². The highest BCUT2D eigenvalue weighted by molar-refractivity contribution is 5.85. The number of piperazine rings is 1. The first kappa shape index (κ1) is 16.1. The lowest BCUT2D eigenvalue weighted by atomic mass is 10.3. The van der Waals surface area contributed by atoms with Gasteiger partial charge in [-0.25, -0.2) is 4.98 Å². The molecule has 1 aromatic heterocycles. The lowest BCUT2D eigenvalue weighted by molar-refractivity contribution is 0.312. The molecule has 0 unspecified atom stereocenters. The van der Waals surface area contributed by atoms with Gasteiger partial charge in [-0.05, 0) is 13.1 Å². The summed E-state index contributed by atoms with van der Waals surface area (Å²) in [5, 5.41) is 0. The highest BCUT2D eigenvalue weighted by Crippen LogP contribution is 2.22. The Morgan fingerprint density at radius 1 is 1.12 bits per heavy atom. The molecule has 1 aromatic rings. The maximum atomic E-state index is 5.89. The van der Waals surface area contributed by atoms with Crippen LogP contribution in [0.2, 0.25) is 0 Å². The summed E-state index contributed by atoms with van der Waals surface area (Å²) in [5.41, 5.74) is 12.8. The van der Waals surface area contributed by atoms with Crippen molar-refractivity contribution in [3.05, 3.63) is 12.3 Å². The minimum atomic E-state index is 0. The van der Waals surface area contributed by atoms with Crippen LogP contribution in [0.15, 0.2) is 12.3 Å². The van der Waals surface area contributed by atoms with Crippen molar-refractivity contribution in [1.29, 1.82) is 0 Å². The summed E-state index contributed by atoms with van der Waals surface area (Å²) in [6, 6.07) is 1.76. The Morgan fingerprint density at radius 2 is 1.71 bits per heavy atom. The van der Waals surface area contributed by atoms with Crippen molar-refractivity contribution in [2.45, 2.75) is 0 Å². The number of hydrogen-bond donors (Lipinski definition) is 2. The number of nitrogens with zero attached hydrogens (tertiary/aromatic N) is 3. The van der Waals surface area contributed by atoms with E-state index in [9.17, 15) is 0 Å². The van der Waals surface area contributed by atoms with Crippen LogP contribution in [0.3, 0.4) is 0 Å². The van der Waals surface area contributed by atoms with E-state index in [0.29, 0.717) is 11.4 Å². The van der Waals surface area contributed by atoms with E-state index in [1.54, 1.807) is 12.3 Å². The second-order valence-electron chi connectivity index (χ2n) is 3.97. The Hall–Kier alpha value is -0.910. The Balaban J connectivity index is 0.00000128. The summed E-state index contributed by atoms with van der Waals surface area (Å²) in [4.78, 5) is 8.78. The molecule has 2 heterocycles. The van der Waals surface area contributed by atoms with Gasteiger partial charge in [-0.1, -0.05) is 0 Å². The highest BCUT2D eigenvalue weighted by Gasteiger charge is 2.17. The Bertz CT molecular complexity index is 353. The number of hydrogen-bond acceptors (Lipinski definition) is 5. The molecule has 1 aliphatic heterocycles. The van der Waals surface area contributed by atoms with Crippen LogP contribution in [-0.4, -0.2) is 43.1 Å². The average molecular weight is 280 g/mol. The van der Waals surface area contributed by atoms with E-state index >= 15 is 0 Å². The molecule has 0 amide bonds. The molecule has 98 valence electrons. The number of pyridine rings is 1. The molecular formula is C10H19Cl2N5. The molecule has 2 rings (SSSR count). The van der Waals surface area contributed by atoms with Crippen molar-refractivity contribution in [1.82, 2.24) is 9.88 Å². The first-order valence-electron chi connectivity index (χ1n) is 5.11. The van der Waals surface area contributed by atoms with Crippen molar-refractivity contribution in [2.75, 3.05) is 49.6 Å². The molecule has 0 radical (unpaired) electrons. The number of nitrogen functional groups attached to an aromatic ring is 2. The lowest BCUT2D eigenvalue weighted by Gasteiger charge is -2.33. The maximum Gasteiger partial charge on any atom is 0.152 e. The molecule has 17 heavy (non-hydrogen) atoms. The number of rotatable bonds is 1. The fourth-order valence-electron chi connectivity index (χ4n) is 1.77. The van der Waals surface area contributed by atoms with Gasteiger partial charge in [0.05, 0.1) is 17.6 Å². The fraction of sp³-hybridized carbons (Fsp3) is 0.500. The zero-order chi connectivity index (χ0) is 10.8. The second kappa shape index (κ2) is 6.74. The van der Waals surface area contributed by atoms with Crippen LogP contribution >= 0.6 is 24.8 Å². The topological polar surface area (TPSA) is 71.4 Å². The van der Waals surface area contributed by atoms with Crippen LogP contribution in [0.1, 0.15) is 0 Å². The van der Waals surface area contributed by atoms with E-state index in [1.807, 2.05) is 0 Å². The summed E-state index contributed by atoms with van der Waals surface area (Å²) in [6.07, 6.45) is 1.66. The van der Waals surface area contributed by atoms with Crippen LogP contribution < -0.4 is 16.4 Å². The van der Waals surface area contributed by atoms with E-state index in [2.05, 4.69) is 21.8 Å². The van der Waals surface area contributed by atoms with Gasteiger partial charge in [-0.2, -0.15) is 0 Å². The summed E-state index contributed by atoms with van der Waals surface area (Å²) >= 11 is 0. The SMILES string of the molecule is CN1CCN(c2ncc(N)cc2N)CC1.Cl.Cl. The molecule has 1 fully saturated rings. The minimum absolute atomic E-state index is 0. The summed E-state index contributed by atoms with van der Waals surface area (Å²) in [7, 11) is 2.12. The van der Waals surface area contributed by atoms with Gasteiger partial charge in [-0.15, -0.1) is 24.8 Å². The van der Waals surface area contributed by atoms with Gasteiger partial charge in [0.25, 0.3) is 0 Å². The molecule has 1 aliphatic rings. The van der Waals surface area contributed by atoms with Crippen molar-refractivity contribution in [3.8, 4) is 0 Å². The number of likely N-dealkylation sites (N-methyl/N-ethyl adjacent to an activating group) is 1. The largest absolute Gasteiger partial charge is 0.397 e. The van der Waals surface area contributed by atoms with Crippen molar-refractivity contribution < 1.29 is 0 Å². The number of anilines is 3. The van der Waals surface area contributed by atoms with E-state index in [0.717, 1.165) is 32.0 Å². The quantitative estimate of drug-likeness (QED) is 0.797. The second-order valence-corrected chi connectivity index (χ2v) is 3.97. The van der Waals surface area contributed by atoms with E-state index in [4.69, 9.17) is 11.5 Å². The summed E-state index contributed by atoms with van der Waals surface area (Å²) < 4.78 is 0. The van der Waals surface area contributed by atoms with E-state index in [1.165, 1.54) is 0 Å². The smallest absolute Gasteiger partial charge is 0.152 e. The lowest BCUT2D eigenvalue weighted by Crippen LogP contribution is -2.45. The fourth-order valence-corrected chi connectivity index (χ4v) is 1.77. The molecule has 4 N–H and O–H groups in total. The monoisotopic (exact) mass is 279 g/mol. The van der Waals surface area contributed by atoms with Gasteiger partial charge in [0.1, 0.15) is 0 Å². The normalized spacial score (nSPS) is 15.9. The van der Waals surface area contributed by atoms with Crippen LogP contribution in [0.4, 0.5) is 17.2 Å². The van der Waals surface area contributed by atoms with Crippen LogP contribution in [0, 0.1) is 0 Å². The first-order valence-corrected chi connectivity index (χ1v) is 5.11. The van der Waals surface area contributed by atoms with Crippen LogP contribution in [0.25, 0.3) is 0 Å². The molecule has 0 bridgehead atoms. The third-order valence-electron chi connectivity index (χ3n) is 2.72. The first-order chi connectivity index (χ1) is 7.16. The number of halogens is 2. The standard InChI is InChI=1S/C10H17N5.2ClH/c1-14-2-4-15(5-3-14)10-9(12)6-8(11)7-13-10;;/h6-7H,2-5,11-12H2,1H3;2*1H. The summed E-state index contributed by atoms with van der Waals surface area (Å²) in [6.45, 7) is 4.03. The zero-order valence-electron chi connectivity index (χ0n) is 9.80. The van der Waals surface area contributed by atoms with Crippen molar-refractivity contribution >= 4 is 42.0 Å². The van der Waals surface area contributed by atoms with Gasteiger partial charge in [0, 0.05) is 26.2 Å². The maximum absolute atomic E-state index is 5.89. The van der Waals surface area contributed by atoms with Gasteiger partial charge in [0.15, 0.2) is 5.82 Å². The molecule has 0 saturated carbocycles. The Morgan fingerprint density at radius 3 is 2.24 bits per heavy atom. The predicted molar refractivity (Wildman–Crippen MR) is 77.3 cm³/mol. The molecular weight excluding hydrogens is 261 g/mol. The molecule has 5 nitrogen and oxygen atoms in total. The van der Waals surface area contributed by atoms with E-state index < -0.39 is 0 Å². The van der Waals surface area contributed by atoms with E-state index in [-0.39, 0.29) is 24.8 Å². The van der Waals surface area contributed by atoms with Gasteiger partial charge >= 0.3 is 0 Å². The Labute approximate surface area is 114 Å². The van der Waals surface area contributed by atoms with Crippen LogP contribution in [0.5, 0.6) is 0 Å². The van der Waals surface area contributed by atoms with Gasteiger partial charge in [0.2, 0.25) is 0 Å². The Kier molecular flexibility index (Phi) is 6.37. The number of nitrogens with two attached hydrogens (primary N) is 2. The molecule has 0 aromatic carbocycles. The molecule has 0 atom stereocenters. The number of aromatic nitrogens is 1. The third kappa shape index (κ3) is 3.80. The van der Waals surface area contributed by atoms with Crippen molar-refractivity contribution in [3.63, 3.8) is 0 Å². The molecule has 7 heteroatoms. The van der Waals surface area contributed by atoms with Gasteiger partial charge in [-0.3, -0.25) is 0 Å². The molecule has 1 saturated heterocycles. The molecule has 0 spiro atoms. The molecule has 0 aliphatic carbocycles. The minimum Gasteiger partial charge on any atom is -0.397 e. The highest BCUT2D eigenvalue weighted by atomic mass is 35.5. The third-order valence-corrected chi connectivity index (χ3v) is 2.72. The summed E-state index contributed by atoms with van der Waals surface area (Å²) in [5.74, 6) is 0.859. The van der Waals surface area contributed by atoms with Gasteiger partial charge < -0.3 is 21.3 Å². The predicted octanol–water partition coefficient (Wildman–Crippen LogP) is 0.841.